The maximum Gasteiger partial charge on any atom is 0.125 e. The van der Waals surface area contributed by atoms with Crippen LogP contribution in [0.5, 0.6) is 11.5 Å². The van der Waals surface area contributed by atoms with Gasteiger partial charge in [0.15, 0.2) is 0 Å². The minimum Gasteiger partial charge on any atom is -0.508 e. The number of benzene rings is 2. The highest BCUT2D eigenvalue weighted by Crippen LogP contribution is 2.28. The van der Waals surface area contributed by atoms with Crippen LogP contribution in [0.1, 0.15) is 5.56 Å². The Hall–Kier alpha value is -2.23. The van der Waals surface area contributed by atoms with Gasteiger partial charge in [-0.05, 0) is 29.0 Å². The van der Waals surface area contributed by atoms with Crippen molar-refractivity contribution in [1.82, 2.24) is 0 Å². The van der Waals surface area contributed by atoms with E-state index in [1.807, 2.05) is 0 Å². The molecule has 0 aliphatic carbocycles. The second-order valence-electron chi connectivity index (χ2n) is 3.15. The zero-order chi connectivity index (χ0) is 10.8. The van der Waals surface area contributed by atoms with Crippen LogP contribution >= 0.6 is 0 Å². The molecule has 3 N–H and O–H groups in total. The van der Waals surface area contributed by atoms with Gasteiger partial charge >= 0.3 is 0 Å². The maximum absolute atomic E-state index is 9.55. The Balaban J connectivity index is 2.84. The van der Waals surface area contributed by atoms with Gasteiger partial charge in [0.25, 0.3) is 0 Å². The molecule has 0 aromatic heterocycles. The number of phenolic OH excluding ortho intramolecular Hbond substituents is 2. The number of oxime groups is 1. The van der Waals surface area contributed by atoms with Crippen molar-refractivity contribution in [2.45, 2.75) is 0 Å². The SMILES string of the molecule is O/N=C/c1c(O)ccc2ccc(O)cc12. The maximum atomic E-state index is 9.55. The van der Waals surface area contributed by atoms with Gasteiger partial charge in [-0.1, -0.05) is 17.3 Å². The average Bonchev–Trinajstić information content (AvgIpc) is 2.23. The quantitative estimate of drug-likeness (QED) is 0.377. The standard InChI is InChI=1S/C11H9NO3/c13-8-3-1-7-2-4-11(14)10(6-12-15)9(7)5-8/h1-6,13-15H/b12-6+. The summed E-state index contributed by atoms with van der Waals surface area (Å²) in [7, 11) is 0. The predicted molar refractivity (Wildman–Crippen MR) is 56.7 cm³/mol. The van der Waals surface area contributed by atoms with Gasteiger partial charge < -0.3 is 15.4 Å². The van der Waals surface area contributed by atoms with Crippen LogP contribution in [0.3, 0.4) is 0 Å². The summed E-state index contributed by atoms with van der Waals surface area (Å²) in [6.07, 6.45) is 1.14. The average molecular weight is 203 g/mol. The molecular formula is C11H9NO3. The third-order valence-electron chi connectivity index (χ3n) is 2.21. The van der Waals surface area contributed by atoms with Crippen LogP contribution in [0.2, 0.25) is 0 Å². The van der Waals surface area contributed by atoms with Gasteiger partial charge in [0.2, 0.25) is 0 Å². The van der Waals surface area contributed by atoms with E-state index < -0.39 is 0 Å². The number of hydrogen-bond acceptors (Lipinski definition) is 4. The van der Waals surface area contributed by atoms with Crippen LogP contribution in [-0.4, -0.2) is 21.6 Å². The van der Waals surface area contributed by atoms with Gasteiger partial charge in [-0.2, -0.15) is 0 Å². The van der Waals surface area contributed by atoms with Gasteiger partial charge in [-0.15, -0.1) is 0 Å². The Kier molecular flexibility index (Phi) is 2.17. The lowest BCUT2D eigenvalue weighted by Crippen LogP contribution is -1.85. The van der Waals surface area contributed by atoms with Crippen molar-refractivity contribution < 1.29 is 15.4 Å². The van der Waals surface area contributed by atoms with Crippen molar-refractivity contribution >= 4 is 17.0 Å². The van der Waals surface area contributed by atoms with Gasteiger partial charge in [-0.3, -0.25) is 0 Å². The molecule has 0 atom stereocenters. The van der Waals surface area contributed by atoms with Crippen LogP contribution in [0, 0.1) is 0 Å². The lowest BCUT2D eigenvalue weighted by Gasteiger charge is -2.04. The van der Waals surface area contributed by atoms with E-state index in [0.29, 0.717) is 10.9 Å². The van der Waals surface area contributed by atoms with Crippen molar-refractivity contribution in [2.24, 2.45) is 5.16 Å². The van der Waals surface area contributed by atoms with E-state index in [2.05, 4.69) is 5.16 Å². The third kappa shape index (κ3) is 1.57. The van der Waals surface area contributed by atoms with E-state index in [-0.39, 0.29) is 11.5 Å². The summed E-state index contributed by atoms with van der Waals surface area (Å²) in [6, 6.07) is 8.01. The van der Waals surface area contributed by atoms with Crippen LogP contribution in [0.4, 0.5) is 0 Å². The molecule has 0 unspecified atom stereocenters. The first-order valence-electron chi connectivity index (χ1n) is 4.34. The van der Waals surface area contributed by atoms with E-state index in [4.69, 9.17) is 5.21 Å². The van der Waals surface area contributed by atoms with E-state index >= 15 is 0 Å². The number of phenols is 2. The first kappa shape index (κ1) is 9.33. The molecule has 0 bridgehead atoms. The fourth-order valence-corrected chi connectivity index (χ4v) is 1.51. The summed E-state index contributed by atoms with van der Waals surface area (Å²) < 4.78 is 0. The summed E-state index contributed by atoms with van der Waals surface area (Å²) >= 11 is 0. The second kappa shape index (κ2) is 3.49. The summed E-state index contributed by atoms with van der Waals surface area (Å²) in [6.45, 7) is 0. The number of fused-ring (bicyclic) bond motifs is 1. The number of nitrogens with zero attached hydrogens (tertiary/aromatic N) is 1. The van der Waals surface area contributed by atoms with Gasteiger partial charge in [-0.25, -0.2) is 0 Å². The highest BCUT2D eigenvalue weighted by molar-refractivity contribution is 6.02. The van der Waals surface area contributed by atoms with Gasteiger partial charge in [0.1, 0.15) is 11.5 Å². The highest BCUT2D eigenvalue weighted by atomic mass is 16.4. The van der Waals surface area contributed by atoms with E-state index in [9.17, 15) is 10.2 Å². The lowest BCUT2D eigenvalue weighted by molar-refractivity contribution is 0.321. The molecule has 0 aliphatic rings. The highest BCUT2D eigenvalue weighted by Gasteiger charge is 2.05. The molecule has 2 aromatic carbocycles. The Morgan fingerprint density at radius 1 is 1.07 bits per heavy atom. The number of hydrogen-bond donors (Lipinski definition) is 3. The molecule has 15 heavy (non-hydrogen) atoms. The summed E-state index contributed by atoms with van der Waals surface area (Å²) in [5.41, 5.74) is 0.380. The first-order chi connectivity index (χ1) is 7.22. The monoisotopic (exact) mass is 203 g/mol. The topological polar surface area (TPSA) is 73.1 Å². The molecule has 0 radical (unpaired) electrons. The fraction of sp³-hybridized carbons (Fsp3) is 0. The minimum absolute atomic E-state index is 0.00546. The first-order valence-corrected chi connectivity index (χ1v) is 4.34. The van der Waals surface area contributed by atoms with Gasteiger partial charge in [0, 0.05) is 5.56 Å². The van der Waals surface area contributed by atoms with Crippen molar-refractivity contribution in [3.05, 3.63) is 35.9 Å². The Bertz CT molecular complexity index is 529. The van der Waals surface area contributed by atoms with Crippen LogP contribution < -0.4 is 0 Å². The van der Waals surface area contributed by atoms with Crippen LogP contribution in [-0.2, 0) is 0 Å². The molecule has 0 saturated heterocycles. The smallest absolute Gasteiger partial charge is 0.125 e. The van der Waals surface area contributed by atoms with Gasteiger partial charge in [0.05, 0.1) is 6.21 Å². The molecule has 0 spiro atoms. The molecule has 0 aliphatic heterocycles. The van der Waals surface area contributed by atoms with E-state index in [1.54, 1.807) is 18.2 Å². The normalized spacial score (nSPS) is 11.2. The number of rotatable bonds is 1. The molecule has 0 heterocycles. The zero-order valence-electron chi connectivity index (χ0n) is 7.75. The molecule has 4 heteroatoms. The van der Waals surface area contributed by atoms with E-state index in [0.717, 1.165) is 11.6 Å². The summed E-state index contributed by atoms with van der Waals surface area (Å²) in [4.78, 5) is 0. The van der Waals surface area contributed by atoms with Crippen molar-refractivity contribution in [2.75, 3.05) is 0 Å². The van der Waals surface area contributed by atoms with E-state index in [1.165, 1.54) is 12.1 Å². The predicted octanol–water partition coefficient (Wildman–Crippen LogP) is 2.06. The summed E-state index contributed by atoms with van der Waals surface area (Å²) in [5, 5.41) is 31.7. The second-order valence-corrected chi connectivity index (χ2v) is 3.15. The molecule has 4 nitrogen and oxygen atoms in total. The molecule has 0 amide bonds. The Morgan fingerprint density at radius 3 is 2.53 bits per heavy atom. The molecular weight excluding hydrogens is 194 g/mol. The molecule has 2 aromatic rings. The van der Waals surface area contributed by atoms with Crippen LogP contribution in [0.15, 0.2) is 35.5 Å². The molecule has 2 rings (SSSR count). The number of aromatic hydroxyl groups is 2. The molecule has 0 saturated carbocycles. The molecule has 76 valence electrons. The Morgan fingerprint density at radius 2 is 1.80 bits per heavy atom. The zero-order valence-corrected chi connectivity index (χ0v) is 7.75. The lowest BCUT2D eigenvalue weighted by atomic mass is 10.0. The largest absolute Gasteiger partial charge is 0.508 e. The minimum atomic E-state index is 0.00546. The van der Waals surface area contributed by atoms with Crippen molar-refractivity contribution in [1.29, 1.82) is 0 Å². The molecule has 0 fully saturated rings. The summed E-state index contributed by atoms with van der Waals surface area (Å²) in [5.74, 6) is 0.103. The van der Waals surface area contributed by atoms with Crippen LogP contribution in [0.25, 0.3) is 10.8 Å². The Labute approximate surface area is 85.7 Å². The van der Waals surface area contributed by atoms with Crippen molar-refractivity contribution in [3.8, 4) is 11.5 Å². The fourth-order valence-electron chi connectivity index (χ4n) is 1.51. The van der Waals surface area contributed by atoms with Crippen molar-refractivity contribution in [3.63, 3.8) is 0 Å². The third-order valence-corrected chi connectivity index (χ3v) is 2.21.